The fourth-order valence-corrected chi connectivity index (χ4v) is 5.94. The third kappa shape index (κ3) is 3.67. The normalized spacial score (nSPS) is 18.1. The predicted molar refractivity (Wildman–Crippen MR) is 133 cm³/mol. The van der Waals surface area contributed by atoms with Crippen LogP contribution in [0.3, 0.4) is 0 Å². The number of amides is 2. The van der Waals surface area contributed by atoms with Crippen LogP contribution in [0.4, 0.5) is 5.69 Å². The first-order chi connectivity index (χ1) is 16.5. The van der Waals surface area contributed by atoms with E-state index in [1.807, 2.05) is 54.3 Å². The van der Waals surface area contributed by atoms with E-state index >= 15 is 0 Å². The van der Waals surface area contributed by atoms with E-state index in [4.69, 9.17) is 11.6 Å². The van der Waals surface area contributed by atoms with Crippen LogP contribution in [0.1, 0.15) is 22.7 Å². The van der Waals surface area contributed by atoms with Crippen LogP contribution in [0.15, 0.2) is 42.5 Å². The molecular weight excluding hydrogens is 470 g/mol. The molecule has 34 heavy (non-hydrogen) atoms. The van der Waals surface area contributed by atoms with Gasteiger partial charge in [-0.3, -0.25) is 14.7 Å². The highest BCUT2D eigenvalue weighted by atomic mass is 35.5. The molecule has 2 amide bonds. The van der Waals surface area contributed by atoms with Gasteiger partial charge in [-0.25, -0.2) is 4.98 Å². The van der Waals surface area contributed by atoms with Gasteiger partial charge in [0.15, 0.2) is 0 Å². The highest BCUT2D eigenvalue weighted by molar-refractivity contribution is 7.18. The number of nitrogens with zero attached hydrogens (tertiary/aromatic N) is 4. The number of fused-ring (bicyclic) bond motifs is 2. The second-order valence-corrected chi connectivity index (χ2v) is 10.5. The van der Waals surface area contributed by atoms with Gasteiger partial charge >= 0.3 is 0 Å². The zero-order valence-corrected chi connectivity index (χ0v) is 20.1. The molecule has 1 fully saturated rings. The van der Waals surface area contributed by atoms with Gasteiger partial charge < -0.3 is 9.80 Å². The molecule has 0 radical (unpaired) electrons. The highest BCUT2D eigenvalue weighted by Crippen LogP contribution is 2.33. The molecule has 1 N–H and O–H groups in total. The molecule has 1 unspecified atom stereocenters. The molecule has 9 heteroatoms. The first-order valence-corrected chi connectivity index (χ1v) is 12.4. The van der Waals surface area contributed by atoms with Crippen LogP contribution in [0.5, 0.6) is 0 Å². The summed E-state index contributed by atoms with van der Waals surface area (Å²) in [4.78, 5) is 34.4. The smallest absolute Gasteiger partial charge is 0.228 e. The van der Waals surface area contributed by atoms with Crippen LogP contribution in [0.25, 0.3) is 21.5 Å². The number of anilines is 1. The van der Waals surface area contributed by atoms with Crippen molar-refractivity contribution in [2.75, 3.05) is 18.0 Å². The molecule has 2 aromatic carbocycles. The zero-order chi connectivity index (χ0) is 23.4. The summed E-state index contributed by atoms with van der Waals surface area (Å²) in [7, 11) is 0. The van der Waals surface area contributed by atoms with Gasteiger partial charge in [0.25, 0.3) is 0 Å². The van der Waals surface area contributed by atoms with Gasteiger partial charge in [0, 0.05) is 60.0 Å². The molecule has 2 aliphatic rings. The first-order valence-electron chi connectivity index (χ1n) is 11.2. The van der Waals surface area contributed by atoms with Crippen molar-refractivity contribution in [2.24, 2.45) is 5.92 Å². The summed E-state index contributed by atoms with van der Waals surface area (Å²) in [5.41, 5.74) is 5.51. The van der Waals surface area contributed by atoms with Crippen LogP contribution in [-0.4, -0.2) is 45.0 Å². The largest absolute Gasteiger partial charge is 0.338 e. The van der Waals surface area contributed by atoms with Gasteiger partial charge in [-0.1, -0.05) is 23.7 Å². The molecule has 1 saturated heterocycles. The summed E-state index contributed by atoms with van der Waals surface area (Å²) >= 11 is 7.81. The summed E-state index contributed by atoms with van der Waals surface area (Å²) in [5.74, 6) is -0.362. The van der Waals surface area contributed by atoms with E-state index in [2.05, 4.69) is 15.2 Å². The maximum atomic E-state index is 13.5. The van der Waals surface area contributed by atoms with Crippen LogP contribution < -0.4 is 4.90 Å². The van der Waals surface area contributed by atoms with Crippen molar-refractivity contribution in [1.29, 1.82) is 0 Å². The monoisotopic (exact) mass is 491 g/mol. The number of hydrogen-bond acceptors (Lipinski definition) is 5. The SMILES string of the molecule is Cc1nc2cc(N3CC(C(=O)N4CCc5[nH]nc(-c6cccc(Cl)c6)c5C4)CC3=O)ccc2s1. The number of benzene rings is 2. The van der Waals surface area contributed by atoms with Crippen molar-refractivity contribution in [2.45, 2.75) is 26.3 Å². The maximum absolute atomic E-state index is 13.5. The number of carbonyl (C=O) groups is 2. The Kier molecular flexibility index (Phi) is 5.15. The molecule has 7 nitrogen and oxygen atoms in total. The molecule has 0 bridgehead atoms. The number of carbonyl (C=O) groups excluding carboxylic acids is 2. The fraction of sp³-hybridized carbons (Fsp3) is 0.280. The molecule has 1 atom stereocenters. The Bertz CT molecular complexity index is 1440. The third-order valence-corrected chi connectivity index (χ3v) is 7.79. The number of rotatable bonds is 3. The van der Waals surface area contributed by atoms with E-state index in [0.29, 0.717) is 31.1 Å². The van der Waals surface area contributed by atoms with E-state index in [9.17, 15) is 9.59 Å². The number of thiazole rings is 1. The van der Waals surface area contributed by atoms with Crippen molar-refractivity contribution in [1.82, 2.24) is 20.1 Å². The van der Waals surface area contributed by atoms with Gasteiger partial charge in [0.1, 0.15) is 0 Å². The lowest BCUT2D eigenvalue weighted by atomic mass is 9.99. The van der Waals surface area contributed by atoms with Crippen LogP contribution in [-0.2, 0) is 22.6 Å². The minimum atomic E-state index is -0.358. The molecule has 2 aliphatic heterocycles. The second-order valence-electron chi connectivity index (χ2n) is 8.84. The summed E-state index contributed by atoms with van der Waals surface area (Å²) in [6.07, 6.45) is 0.932. The Morgan fingerprint density at radius 1 is 1.24 bits per heavy atom. The summed E-state index contributed by atoms with van der Waals surface area (Å²) in [5, 5.41) is 9.27. The quantitative estimate of drug-likeness (QED) is 0.454. The lowest BCUT2D eigenvalue weighted by Gasteiger charge is -2.29. The molecular formula is C25H22ClN5O2S. The predicted octanol–water partition coefficient (Wildman–Crippen LogP) is 4.59. The van der Waals surface area contributed by atoms with Crippen molar-refractivity contribution in [3.63, 3.8) is 0 Å². The molecule has 0 saturated carbocycles. The number of aromatic amines is 1. The summed E-state index contributed by atoms with van der Waals surface area (Å²) in [6.45, 7) is 3.45. The Morgan fingerprint density at radius 3 is 2.97 bits per heavy atom. The van der Waals surface area contributed by atoms with Crippen LogP contribution >= 0.6 is 22.9 Å². The van der Waals surface area contributed by atoms with Gasteiger partial charge in [0.2, 0.25) is 11.8 Å². The Labute approximate surface area is 205 Å². The summed E-state index contributed by atoms with van der Waals surface area (Å²) < 4.78 is 1.10. The lowest BCUT2D eigenvalue weighted by Crippen LogP contribution is -2.40. The van der Waals surface area contributed by atoms with Crippen LogP contribution in [0.2, 0.25) is 5.02 Å². The number of hydrogen-bond donors (Lipinski definition) is 1. The van der Waals surface area contributed by atoms with E-state index in [1.165, 1.54) is 0 Å². The molecule has 6 rings (SSSR count). The van der Waals surface area contributed by atoms with Crippen molar-refractivity contribution < 1.29 is 9.59 Å². The van der Waals surface area contributed by atoms with E-state index in [0.717, 1.165) is 43.4 Å². The van der Waals surface area contributed by atoms with Crippen LogP contribution in [0, 0.1) is 12.8 Å². The third-order valence-electron chi connectivity index (χ3n) is 6.61. The van der Waals surface area contributed by atoms with Gasteiger partial charge in [-0.05, 0) is 37.3 Å². The maximum Gasteiger partial charge on any atom is 0.228 e. The highest BCUT2D eigenvalue weighted by Gasteiger charge is 2.38. The Morgan fingerprint density at radius 2 is 2.12 bits per heavy atom. The van der Waals surface area contributed by atoms with Crippen molar-refractivity contribution in [3.8, 4) is 11.3 Å². The molecule has 0 aliphatic carbocycles. The molecule has 4 heterocycles. The topological polar surface area (TPSA) is 82.2 Å². The number of aromatic nitrogens is 3. The number of halogens is 1. The Balaban J connectivity index is 1.21. The first kappa shape index (κ1) is 21.3. The zero-order valence-electron chi connectivity index (χ0n) is 18.5. The minimum Gasteiger partial charge on any atom is -0.338 e. The van der Waals surface area contributed by atoms with Gasteiger partial charge in [0.05, 0.1) is 26.8 Å². The Hall–Kier alpha value is -3.23. The molecule has 0 spiro atoms. The number of nitrogens with one attached hydrogen (secondary N) is 1. The molecule has 2 aromatic heterocycles. The summed E-state index contributed by atoms with van der Waals surface area (Å²) in [6, 6.07) is 13.5. The van der Waals surface area contributed by atoms with Crippen molar-refractivity contribution in [3.05, 3.63) is 63.8 Å². The fourth-order valence-electron chi connectivity index (χ4n) is 4.94. The van der Waals surface area contributed by atoms with E-state index in [1.54, 1.807) is 16.2 Å². The number of H-pyrrole nitrogens is 1. The molecule has 4 aromatic rings. The average Bonchev–Trinajstić information content (AvgIpc) is 3.53. The van der Waals surface area contributed by atoms with E-state index in [-0.39, 0.29) is 24.2 Å². The van der Waals surface area contributed by atoms with Gasteiger partial charge in [-0.2, -0.15) is 5.10 Å². The minimum absolute atomic E-state index is 0.0188. The average molecular weight is 492 g/mol. The lowest BCUT2D eigenvalue weighted by molar-refractivity contribution is -0.136. The standard InChI is InChI=1S/C25H22ClN5O2S/c1-14-27-21-11-18(5-6-22(21)34-14)31-12-16(10-23(31)32)25(33)30-8-7-20-19(13-30)24(29-28-20)15-3-2-4-17(26)9-15/h2-6,9,11,16H,7-8,10,12-13H2,1H3,(H,28,29). The van der Waals surface area contributed by atoms with Gasteiger partial charge in [-0.15, -0.1) is 11.3 Å². The van der Waals surface area contributed by atoms with Crippen molar-refractivity contribution >= 4 is 50.7 Å². The number of aryl methyl sites for hydroxylation is 1. The van der Waals surface area contributed by atoms with E-state index < -0.39 is 0 Å². The second kappa shape index (κ2) is 8.21. The molecule has 172 valence electrons.